The molecule has 6 amide bonds. The Morgan fingerprint density at radius 2 is 0.750 bits per heavy atom. The summed E-state index contributed by atoms with van der Waals surface area (Å²) in [5.74, 6) is 0.0981. The fourth-order valence-corrected chi connectivity index (χ4v) is 13.7. The van der Waals surface area contributed by atoms with Gasteiger partial charge in [-0.05, 0) is 114 Å². The van der Waals surface area contributed by atoms with Crippen LogP contribution in [-0.4, -0.2) is 148 Å². The quantitative estimate of drug-likeness (QED) is 0.0375. The number of imidazole rings is 3. The lowest BCUT2D eigenvalue weighted by molar-refractivity contribution is -0.120. The molecular formula is C71H69N17O12. The number of carbonyl (C=O) groups is 7. The van der Waals surface area contributed by atoms with E-state index in [1.165, 1.54) is 14.2 Å². The van der Waals surface area contributed by atoms with Crippen LogP contribution in [0.3, 0.4) is 0 Å². The van der Waals surface area contributed by atoms with Crippen LogP contribution in [0.25, 0.3) is 66.9 Å². The topological polar surface area (TPSA) is 355 Å². The minimum absolute atomic E-state index is 0.0371. The maximum atomic E-state index is 12.2. The zero-order chi connectivity index (χ0) is 68.8. The van der Waals surface area contributed by atoms with E-state index in [1.54, 1.807) is 18.2 Å². The van der Waals surface area contributed by atoms with Crippen molar-refractivity contribution in [3.05, 3.63) is 108 Å². The lowest BCUT2D eigenvalue weighted by Crippen LogP contribution is -2.26. The van der Waals surface area contributed by atoms with Crippen molar-refractivity contribution in [1.29, 1.82) is 0 Å². The van der Waals surface area contributed by atoms with E-state index < -0.39 is 11.7 Å². The Kier molecular flexibility index (Phi) is 16.0. The first kappa shape index (κ1) is 63.1. The molecule has 510 valence electrons. The Morgan fingerprint density at radius 1 is 0.430 bits per heavy atom. The number of aromatic nitrogens is 9. The normalized spacial score (nSPS) is 21.3. The van der Waals surface area contributed by atoms with Crippen molar-refractivity contribution >= 4 is 103 Å². The van der Waals surface area contributed by atoms with E-state index in [0.717, 1.165) is 88.3 Å². The molecule has 9 aromatic rings. The summed E-state index contributed by atoms with van der Waals surface area (Å²) in [6, 6.07) is 23.3. The molecule has 29 nitrogen and oxygen atoms in total. The SMILES string of the molecule is CO/N=C1/C(=O)Nc2cc(-c3cc4ncn(C5CC5)c4c(O[C@H](C)[C@H]4CNC(=O)C4)n3)ccc21.CO/N=C1\C(=O)Nc2cc(-c3cc4ncn(C5CC5)c4c(O[C@H](C)[C@H]4CNC(=O)C4)n3)ccc21.C[C@@H](Oc1nc(-c2ccc3c(c2)NC(=O)C3=O)cc2ncn(C3CC3)c12)[C@H]1CNC(=O)C1. The molecule has 0 unspecified atom stereocenters. The molecule has 9 aliphatic rings. The van der Waals surface area contributed by atoms with Gasteiger partial charge in [0.25, 0.3) is 23.5 Å². The van der Waals surface area contributed by atoms with Crippen molar-refractivity contribution in [2.45, 2.75) is 115 Å². The molecule has 18 rings (SSSR count). The Hall–Kier alpha value is -11.7. The number of anilines is 3. The highest BCUT2D eigenvalue weighted by Gasteiger charge is 2.37. The highest BCUT2D eigenvalue weighted by molar-refractivity contribution is 6.54. The van der Waals surface area contributed by atoms with E-state index in [-0.39, 0.29) is 77.0 Å². The monoisotopic (exact) mass is 1350 g/mol. The molecule has 3 aromatic carbocycles. The van der Waals surface area contributed by atoms with Gasteiger partial charge < -0.3 is 69.5 Å². The number of hydrogen-bond acceptors (Lipinski definition) is 20. The Labute approximate surface area is 570 Å². The zero-order valence-electron chi connectivity index (χ0n) is 55.2. The van der Waals surface area contributed by atoms with Crippen LogP contribution in [0.4, 0.5) is 17.1 Å². The van der Waals surface area contributed by atoms with Gasteiger partial charge in [-0.1, -0.05) is 28.5 Å². The van der Waals surface area contributed by atoms with Crippen molar-refractivity contribution in [1.82, 2.24) is 59.6 Å². The first-order valence-corrected chi connectivity index (χ1v) is 33.6. The number of rotatable bonds is 17. The molecule has 3 saturated carbocycles. The second-order valence-electron chi connectivity index (χ2n) is 26.7. The van der Waals surface area contributed by atoms with E-state index in [0.29, 0.717) is 125 Å². The van der Waals surface area contributed by atoms with E-state index in [2.05, 4.69) is 70.9 Å². The van der Waals surface area contributed by atoms with Gasteiger partial charge in [0.15, 0.2) is 11.4 Å². The van der Waals surface area contributed by atoms with E-state index in [1.807, 2.05) is 94.4 Å². The van der Waals surface area contributed by atoms with Gasteiger partial charge in [0.05, 0.1) is 75.2 Å². The summed E-state index contributed by atoms with van der Waals surface area (Å²) in [6.45, 7) is 7.69. The van der Waals surface area contributed by atoms with E-state index >= 15 is 0 Å². The van der Waals surface area contributed by atoms with Crippen molar-refractivity contribution in [3.63, 3.8) is 0 Å². The molecule has 6 fully saturated rings. The van der Waals surface area contributed by atoms with Gasteiger partial charge >= 0.3 is 0 Å². The number of hydrogen-bond donors (Lipinski definition) is 6. The molecule has 12 heterocycles. The molecule has 29 heteroatoms. The number of Topliss-reactive ketones (excluding diaryl/α,β-unsaturated/α-hetero) is 1. The molecule has 0 spiro atoms. The summed E-state index contributed by atoms with van der Waals surface area (Å²) in [6.07, 6.45) is 12.9. The molecule has 6 N–H and O–H groups in total. The number of fused-ring (bicyclic) bond motifs is 6. The minimum atomic E-state index is -0.624. The average molecular weight is 1350 g/mol. The third kappa shape index (κ3) is 12.1. The van der Waals surface area contributed by atoms with Crippen molar-refractivity contribution in [3.8, 4) is 51.4 Å². The predicted octanol–water partition coefficient (Wildman–Crippen LogP) is 7.75. The molecule has 100 heavy (non-hydrogen) atoms. The lowest BCUT2D eigenvalue weighted by Gasteiger charge is -2.20. The number of pyridine rings is 3. The van der Waals surface area contributed by atoms with Crippen LogP contribution in [0.5, 0.6) is 17.6 Å². The van der Waals surface area contributed by atoms with Gasteiger partial charge in [0.2, 0.25) is 35.4 Å². The first-order valence-electron chi connectivity index (χ1n) is 33.6. The van der Waals surface area contributed by atoms with Crippen LogP contribution < -0.4 is 46.1 Å². The van der Waals surface area contributed by atoms with Crippen molar-refractivity contribution < 1.29 is 57.4 Å². The van der Waals surface area contributed by atoms with Gasteiger partial charge in [-0.25, -0.2) is 29.9 Å². The third-order valence-corrected chi connectivity index (χ3v) is 19.7. The fourth-order valence-electron chi connectivity index (χ4n) is 13.7. The van der Waals surface area contributed by atoms with Crippen LogP contribution in [0.15, 0.2) is 102 Å². The number of ether oxygens (including phenoxy) is 3. The number of oxime groups is 2. The van der Waals surface area contributed by atoms with Gasteiger partial charge in [0, 0.05) is 103 Å². The Morgan fingerprint density at radius 3 is 1.06 bits per heavy atom. The average Bonchev–Trinajstić information content (AvgIpc) is 1.60. The maximum absolute atomic E-state index is 12.2. The van der Waals surface area contributed by atoms with Gasteiger partial charge in [-0.15, -0.1) is 0 Å². The van der Waals surface area contributed by atoms with Crippen LogP contribution >= 0.6 is 0 Å². The van der Waals surface area contributed by atoms with E-state index in [4.69, 9.17) is 38.8 Å². The summed E-state index contributed by atoms with van der Waals surface area (Å²) < 4.78 is 25.5. The summed E-state index contributed by atoms with van der Waals surface area (Å²) in [5.41, 5.74) is 13.3. The predicted molar refractivity (Wildman–Crippen MR) is 365 cm³/mol. The summed E-state index contributed by atoms with van der Waals surface area (Å²) in [4.78, 5) is 121. The molecule has 6 aromatic heterocycles. The second-order valence-corrected chi connectivity index (χ2v) is 26.7. The fraction of sp³-hybridized carbons (Fsp3) is 0.366. The Balaban J connectivity index is 0.000000117. The number of nitrogens with zero attached hydrogens (tertiary/aromatic N) is 11. The van der Waals surface area contributed by atoms with Crippen LogP contribution in [0.2, 0.25) is 0 Å². The smallest absolute Gasteiger partial charge is 0.296 e. The highest BCUT2D eigenvalue weighted by atomic mass is 16.6. The van der Waals surface area contributed by atoms with Crippen molar-refractivity contribution in [2.75, 3.05) is 49.8 Å². The first-order chi connectivity index (χ1) is 48.5. The van der Waals surface area contributed by atoms with Gasteiger partial charge in [-0.2, -0.15) is 0 Å². The molecule has 3 aliphatic carbocycles. The highest BCUT2D eigenvalue weighted by Crippen LogP contribution is 2.45. The summed E-state index contributed by atoms with van der Waals surface area (Å²) in [5, 5.41) is 24.5. The minimum Gasteiger partial charge on any atom is -0.473 e. The van der Waals surface area contributed by atoms with Crippen LogP contribution in [-0.2, 0) is 38.4 Å². The molecular weight excluding hydrogens is 1280 g/mol. The molecule has 0 radical (unpaired) electrons. The number of ketones is 1. The summed E-state index contributed by atoms with van der Waals surface area (Å²) >= 11 is 0. The number of benzene rings is 3. The van der Waals surface area contributed by atoms with Crippen LogP contribution in [0, 0.1) is 17.8 Å². The van der Waals surface area contributed by atoms with Gasteiger partial charge in [0.1, 0.15) is 49.1 Å². The molecule has 3 saturated heterocycles. The van der Waals surface area contributed by atoms with Crippen molar-refractivity contribution in [2.24, 2.45) is 28.1 Å². The number of nitrogens with one attached hydrogen (secondary N) is 6. The standard InChI is InChI=1S/2C24H24N6O4.C23H21N5O4/c2*1-12(14-8-20(31)25-10-14)34-24-22-19(26-11-30(22)15-4-5-15)9-17(28-24)13-3-6-16-18(7-13)27-23(32)21(16)29-33-2;1-11(13-7-19(29)24-9-13)32-23-20-18(25-10-28(20)14-3-4-14)8-16(27-23)12-2-5-15-17(6-12)26-22(31)21(15)30/h2*3,6-7,9,11-12,14-15H,4-5,8,10H2,1-2H3,(H,25,31)(H,27,29,32);2,5-6,8,10-11,13-14H,3-4,7,9H2,1H3,(H,24,29)(H,26,30,31)/t2*12-,14-;11-,13-/m111/s1. The molecule has 6 aliphatic heterocycles. The van der Waals surface area contributed by atoms with Gasteiger partial charge in [-0.3, -0.25) is 33.6 Å². The largest absolute Gasteiger partial charge is 0.473 e. The number of carbonyl (C=O) groups excluding carboxylic acids is 7. The molecule has 6 atom stereocenters. The second kappa shape index (κ2) is 25.3. The number of amides is 6. The van der Waals surface area contributed by atoms with Crippen LogP contribution in [0.1, 0.15) is 118 Å². The summed E-state index contributed by atoms with van der Waals surface area (Å²) in [7, 11) is 2.82. The third-order valence-electron chi connectivity index (χ3n) is 19.7. The Bertz CT molecular complexity index is 4800. The van der Waals surface area contributed by atoms with E-state index in [9.17, 15) is 33.6 Å². The zero-order valence-corrected chi connectivity index (χ0v) is 55.2. The maximum Gasteiger partial charge on any atom is 0.296 e. The molecule has 0 bridgehead atoms. The lowest BCUT2D eigenvalue weighted by atomic mass is 10.0.